The van der Waals surface area contributed by atoms with Crippen molar-refractivity contribution in [3.05, 3.63) is 66.3 Å². The third-order valence-corrected chi connectivity index (χ3v) is 10.6. The number of phenols is 1. The van der Waals surface area contributed by atoms with Crippen LogP contribution in [0, 0.1) is 0 Å². The minimum absolute atomic E-state index is 0.0641. The molecule has 12 heteroatoms. The fraction of sp³-hybridized carbons (Fsp3) is 0.286. The number of pyridine rings is 1. The van der Waals surface area contributed by atoms with E-state index < -0.39 is 26.1 Å². The summed E-state index contributed by atoms with van der Waals surface area (Å²) in [6.45, 7) is 0.820. The molecule has 0 amide bonds. The minimum atomic E-state index is -3.81. The summed E-state index contributed by atoms with van der Waals surface area (Å²) in [6, 6.07) is 12.4. The van der Waals surface area contributed by atoms with Gasteiger partial charge in [-0.15, -0.1) is 11.3 Å². The second kappa shape index (κ2) is 9.39. The molecule has 3 aromatic rings. The molecule has 1 aliphatic heterocycles. The van der Waals surface area contributed by atoms with Crippen LogP contribution in [0.15, 0.2) is 75.4 Å². The minimum Gasteiger partial charge on any atom is -0.508 e. The van der Waals surface area contributed by atoms with E-state index in [0.29, 0.717) is 6.54 Å². The standard InChI is InChI=1S/C21H24N4O5S3/c1-23(32(27,28)20-4-2-10-22-14-20)15-18-16-24(33(29,30)21-5-3-13-31-21)11-12-25(18)17-6-8-19(26)9-7-17/h2-10,13-14,18,26H,11-12,15-16H2,1H3/t18-/m0/s1. The zero-order valence-electron chi connectivity index (χ0n) is 17.9. The Morgan fingerprint density at radius 1 is 1.09 bits per heavy atom. The second-order valence-electron chi connectivity index (χ2n) is 7.63. The van der Waals surface area contributed by atoms with Crippen molar-refractivity contribution in [1.29, 1.82) is 0 Å². The second-order valence-corrected chi connectivity index (χ2v) is 12.8. The van der Waals surface area contributed by atoms with Crippen molar-refractivity contribution < 1.29 is 21.9 Å². The van der Waals surface area contributed by atoms with Gasteiger partial charge >= 0.3 is 0 Å². The molecule has 0 saturated carbocycles. The first-order valence-corrected chi connectivity index (χ1v) is 13.9. The average Bonchev–Trinajstić information content (AvgIpc) is 3.36. The first-order chi connectivity index (χ1) is 15.7. The molecule has 1 saturated heterocycles. The van der Waals surface area contributed by atoms with Crippen LogP contribution in [0.2, 0.25) is 0 Å². The number of phenolic OH excluding ortho intramolecular Hbond substituents is 1. The van der Waals surface area contributed by atoms with Crippen molar-refractivity contribution in [3.63, 3.8) is 0 Å². The van der Waals surface area contributed by atoms with Gasteiger partial charge in [0.25, 0.3) is 10.0 Å². The number of nitrogens with zero attached hydrogens (tertiary/aromatic N) is 4. The molecule has 1 fully saturated rings. The lowest BCUT2D eigenvalue weighted by atomic mass is 10.1. The van der Waals surface area contributed by atoms with Crippen LogP contribution in [-0.4, -0.2) is 74.8 Å². The first-order valence-electron chi connectivity index (χ1n) is 10.2. The molecule has 0 unspecified atom stereocenters. The number of thiophene rings is 1. The SMILES string of the molecule is CN(C[C@H]1CN(S(=O)(=O)c2cccs2)CCN1c1ccc(O)cc1)S(=O)(=O)c1cccnc1. The van der Waals surface area contributed by atoms with Crippen molar-refractivity contribution in [2.75, 3.05) is 38.1 Å². The molecule has 9 nitrogen and oxygen atoms in total. The van der Waals surface area contributed by atoms with Gasteiger partial charge < -0.3 is 10.0 Å². The van der Waals surface area contributed by atoms with E-state index in [-0.39, 0.29) is 34.5 Å². The number of aromatic nitrogens is 1. The molecule has 1 aliphatic rings. The Labute approximate surface area is 197 Å². The zero-order chi connectivity index (χ0) is 23.6. The Kier molecular flexibility index (Phi) is 6.73. The summed E-state index contributed by atoms with van der Waals surface area (Å²) >= 11 is 1.15. The average molecular weight is 509 g/mol. The van der Waals surface area contributed by atoms with Crippen LogP contribution in [0.5, 0.6) is 5.75 Å². The van der Waals surface area contributed by atoms with Gasteiger partial charge in [0.2, 0.25) is 10.0 Å². The molecule has 0 radical (unpaired) electrons. The number of sulfonamides is 2. The molecule has 1 aromatic carbocycles. The lowest BCUT2D eigenvalue weighted by Crippen LogP contribution is -2.58. The van der Waals surface area contributed by atoms with Crippen molar-refractivity contribution in [3.8, 4) is 5.75 Å². The summed E-state index contributed by atoms with van der Waals surface area (Å²) in [4.78, 5) is 5.95. The molecule has 33 heavy (non-hydrogen) atoms. The fourth-order valence-electron chi connectivity index (χ4n) is 3.80. The normalized spacial score (nSPS) is 18.0. The topological polar surface area (TPSA) is 111 Å². The predicted octanol–water partition coefficient (Wildman–Crippen LogP) is 2.05. The summed E-state index contributed by atoms with van der Waals surface area (Å²) in [7, 11) is -6.01. The number of hydrogen-bond acceptors (Lipinski definition) is 8. The largest absolute Gasteiger partial charge is 0.508 e. The maximum Gasteiger partial charge on any atom is 0.252 e. The van der Waals surface area contributed by atoms with Gasteiger partial charge in [0.15, 0.2) is 0 Å². The van der Waals surface area contributed by atoms with E-state index in [1.54, 1.807) is 47.8 Å². The molecular formula is C21H24N4O5S3. The third kappa shape index (κ3) is 4.89. The van der Waals surface area contributed by atoms with Gasteiger partial charge in [-0.2, -0.15) is 8.61 Å². The molecule has 0 spiro atoms. The molecule has 176 valence electrons. The quantitative estimate of drug-likeness (QED) is 0.520. The Balaban J connectivity index is 1.63. The number of hydrogen-bond donors (Lipinski definition) is 1. The summed E-state index contributed by atoms with van der Waals surface area (Å²) in [6.07, 6.45) is 2.79. The molecule has 2 aromatic heterocycles. The van der Waals surface area contributed by atoms with Crippen molar-refractivity contribution >= 4 is 37.1 Å². The number of benzene rings is 1. The Hall–Kier alpha value is -2.51. The van der Waals surface area contributed by atoms with Gasteiger partial charge in [0, 0.05) is 51.3 Å². The van der Waals surface area contributed by atoms with E-state index in [9.17, 15) is 21.9 Å². The lowest BCUT2D eigenvalue weighted by Gasteiger charge is -2.43. The Bertz CT molecular complexity index is 1280. The van der Waals surface area contributed by atoms with Crippen LogP contribution in [-0.2, 0) is 20.0 Å². The summed E-state index contributed by atoms with van der Waals surface area (Å²) in [5, 5.41) is 11.4. The van der Waals surface area contributed by atoms with E-state index in [4.69, 9.17) is 0 Å². The van der Waals surface area contributed by atoms with E-state index in [1.807, 2.05) is 4.90 Å². The monoisotopic (exact) mass is 508 g/mol. The number of aromatic hydroxyl groups is 1. The smallest absolute Gasteiger partial charge is 0.252 e. The van der Waals surface area contributed by atoms with Gasteiger partial charge in [-0.1, -0.05) is 6.07 Å². The summed E-state index contributed by atoms with van der Waals surface area (Å²) < 4.78 is 55.3. The lowest BCUT2D eigenvalue weighted by molar-refractivity contribution is 0.303. The van der Waals surface area contributed by atoms with Crippen LogP contribution in [0.3, 0.4) is 0 Å². The molecule has 1 N–H and O–H groups in total. The summed E-state index contributed by atoms with van der Waals surface area (Å²) in [5.41, 5.74) is 0.776. The Morgan fingerprint density at radius 2 is 1.85 bits per heavy atom. The van der Waals surface area contributed by atoms with Crippen molar-refractivity contribution in [2.24, 2.45) is 0 Å². The highest BCUT2D eigenvalue weighted by Gasteiger charge is 2.37. The van der Waals surface area contributed by atoms with Crippen LogP contribution in [0.1, 0.15) is 0 Å². The molecule has 0 aliphatic carbocycles. The Morgan fingerprint density at radius 3 is 2.48 bits per heavy atom. The van der Waals surface area contributed by atoms with Crippen LogP contribution in [0.4, 0.5) is 5.69 Å². The zero-order valence-corrected chi connectivity index (χ0v) is 20.3. The van der Waals surface area contributed by atoms with Crippen molar-refractivity contribution in [1.82, 2.24) is 13.6 Å². The highest BCUT2D eigenvalue weighted by Crippen LogP contribution is 2.28. The van der Waals surface area contributed by atoms with Crippen LogP contribution in [0.25, 0.3) is 0 Å². The third-order valence-electron chi connectivity index (χ3n) is 5.53. The first kappa shape index (κ1) is 23.6. The maximum absolute atomic E-state index is 13.1. The van der Waals surface area contributed by atoms with Gasteiger partial charge in [-0.05, 0) is 47.8 Å². The van der Waals surface area contributed by atoms with E-state index in [2.05, 4.69) is 4.98 Å². The highest BCUT2D eigenvalue weighted by molar-refractivity contribution is 7.91. The molecule has 3 heterocycles. The van der Waals surface area contributed by atoms with Gasteiger partial charge in [0.1, 0.15) is 14.9 Å². The maximum atomic E-state index is 13.1. The number of anilines is 1. The van der Waals surface area contributed by atoms with Crippen LogP contribution < -0.4 is 4.90 Å². The summed E-state index contributed by atoms with van der Waals surface area (Å²) in [5.74, 6) is 0.116. The van der Waals surface area contributed by atoms with Gasteiger partial charge in [-0.3, -0.25) is 4.98 Å². The number of piperazine rings is 1. The number of likely N-dealkylation sites (N-methyl/N-ethyl adjacent to an activating group) is 1. The van der Waals surface area contributed by atoms with Gasteiger partial charge in [-0.25, -0.2) is 16.8 Å². The molecule has 1 atom stereocenters. The van der Waals surface area contributed by atoms with Gasteiger partial charge in [0.05, 0.1) is 6.04 Å². The molecule has 4 rings (SSSR count). The van der Waals surface area contributed by atoms with E-state index in [0.717, 1.165) is 17.0 Å². The fourth-order valence-corrected chi connectivity index (χ4v) is 7.58. The predicted molar refractivity (Wildman–Crippen MR) is 126 cm³/mol. The van der Waals surface area contributed by atoms with E-state index in [1.165, 1.54) is 34.1 Å². The molecular weight excluding hydrogens is 484 g/mol. The van der Waals surface area contributed by atoms with Crippen LogP contribution >= 0.6 is 11.3 Å². The number of rotatable bonds is 7. The van der Waals surface area contributed by atoms with E-state index >= 15 is 0 Å². The molecule has 0 bridgehead atoms. The van der Waals surface area contributed by atoms with Crippen molar-refractivity contribution in [2.45, 2.75) is 15.1 Å². The highest BCUT2D eigenvalue weighted by atomic mass is 32.2.